The van der Waals surface area contributed by atoms with Crippen LogP contribution in [0.25, 0.3) is 0 Å². The first-order valence-corrected chi connectivity index (χ1v) is 10.6. The van der Waals surface area contributed by atoms with E-state index >= 15 is 0 Å². The second-order valence-corrected chi connectivity index (χ2v) is 7.58. The van der Waals surface area contributed by atoms with Gasteiger partial charge in [-0.15, -0.1) is 0 Å². The molecule has 11 heteroatoms. The van der Waals surface area contributed by atoms with Gasteiger partial charge in [-0.05, 0) is 43.3 Å². The van der Waals surface area contributed by atoms with Gasteiger partial charge in [0, 0.05) is 30.5 Å². The second kappa shape index (κ2) is 9.96. The van der Waals surface area contributed by atoms with E-state index in [4.69, 9.17) is 4.74 Å². The minimum atomic E-state index is -4.57. The summed E-state index contributed by atoms with van der Waals surface area (Å²) in [5.74, 6) is 2.06. The number of benzene rings is 2. The van der Waals surface area contributed by atoms with E-state index in [0.29, 0.717) is 30.5 Å². The van der Waals surface area contributed by atoms with Crippen LogP contribution in [-0.4, -0.2) is 42.3 Å². The number of nitrogens with one attached hydrogen (secondary N) is 3. The summed E-state index contributed by atoms with van der Waals surface area (Å²) in [5.41, 5.74) is -0.0953. The number of para-hydroxylation sites is 1. The highest BCUT2D eigenvalue weighted by Gasteiger charge is 2.33. The number of carbonyl (C=O) groups is 1. The predicted molar refractivity (Wildman–Crippen MR) is 124 cm³/mol. The normalized spacial score (nSPS) is 13.9. The van der Waals surface area contributed by atoms with Gasteiger partial charge in [0.1, 0.15) is 17.5 Å². The highest BCUT2D eigenvalue weighted by Crippen LogP contribution is 2.34. The zero-order chi connectivity index (χ0) is 24.1. The van der Waals surface area contributed by atoms with Gasteiger partial charge < -0.3 is 25.6 Å². The van der Waals surface area contributed by atoms with Crippen molar-refractivity contribution in [1.82, 2.24) is 9.97 Å². The van der Waals surface area contributed by atoms with E-state index < -0.39 is 17.8 Å². The van der Waals surface area contributed by atoms with E-state index in [0.717, 1.165) is 30.7 Å². The SMILES string of the molecule is Cc1nc(Nc2ccc(NC(=O)Nc3ccccc3C(F)(F)F)cc2)cc(N2CCOCC2)n1. The van der Waals surface area contributed by atoms with Crippen molar-refractivity contribution in [2.45, 2.75) is 13.1 Å². The summed E-state index contributed by atoms with van der Waals surface area (Å²) < 4.78 is 44.7. The van der Waals surface area contributed by atoms with E-state index in [1.807, 2.05) is 13.0 Å². The average Bonchev–Trinajstić information content (AvgIpc) is 2.80. The molecule has 178 valence electrons. The van der Waals surface area contributed by atoms with Crippen molar-refractivity contribution in [3.63, 3.8) is 0 Å². The fourth-order valence-corrected chi connectivity index (χ4v) is 3.48. The van der Waals surface area contributed by atoms with Crippen LogP contribution in [0.4, 0.5) is 46.7 Å². The summed E-state index contributed by atoms with van der Waals surface area (Å²) in [7, 11) is 0. The number of hydrogen-bond acceptors (Lipinski definition) is 6. The number of anilines is 5. The number of carbonyl (C=O) groups excluding carboxylic acids is 1. The fraction of sp³-hybridized carbons (Fsp3) is 0.261. The Morgan fingerprint density at radius 2 is 1.65 bits per heavy atom. The Labute approximate surface area is 194 Å². The number of aromatic nitrogens is 2. The molecule has 1 aromatic heterocycles. The fourth-order valence-electron chi connectivity index (χ4n) is 3.48. The van der Waals surface area contributed by atoms with E-state index in [2.05, 4.69) is 30.8 Å². The first-order valence-electron chi connectivity index (χ1n) is 10.6. The lowest BCUT2D eigenvalue weighted by molar-refractivity contribution is -0.136. The highest BCUT2D eigenvalue weighted by molar-refractivity contribution is 6.00. The zero-order valence-corrected chi connectivity index (χ0v) is 18.3. The Bertz CT molecular complexity index is 1150. The summed E-state index contributed by atoms with van der Waals surface area (Å²) >= 11 is 0. The molecule has 2 heterocycles. The molecule has 0 unspecified atom stereocenters. The number of nitrogens with zero attached hydrogens (tertiary/aromatic N) is 3. The number of aryl methyl sites for hydroxylation is 1. The number of urea groups is 1. The van der Waals surface area contributed by atoms with Crippen molar-refractivity contribution >= 4 is 34.7 Å². The molecule has 2 amide bonds. The minimum Gasteiger partial charge on any atom is -0.378 e. The van der Waals surface area contributed by atoms with E-state index in [-0.39, 0.29) is 5.69 Å². The lowest BCUT2D eigenvalue weighted by Crippen LogP contribution is -2.36. The maximum Gasteiger partial charge on any atom is 0.418 e. The Morgan fingerprint density at radius 1 is 0.971 bits per heavy atom. The van der Waals surface area contributed by atoms with Crippen molar-refractivity contribution in [1.29, 1.82) is 0 Å². The zero-order valence-electron chi connectivity index (χ0n) is 18.3. The highest BCUT2D eigenvalue weighted by atomic mass is 19.4. The molecule has 1 fully saturated rings. The van der Waals surface area contributed by atoms with Gasteiger partial charge in [-0.25, -0.2) is 14.8 Å². The maximum absolute atomic E-state index is 13.1. The maximum atomic E-state index is 13.1. The quantitative estimate of drug-likeness (QED) is 0.483. The molecule has 0 aliphatic carbocycles. The molecule has 1 aliphatic rings. The van der Waals surface area contributed by atoms with E-state index in [1.54, 1.807) is 24.3 Å². The molecule has 0 bridgehead atoms. The Kier molecular flexibility index (Phi) is 6.82. The lowest BCUT2D eigenvalue weighted by Gasteiger charge is -2.28. The van der Waals surface area contributed by atoms with Crippen LogP contribution in [0, 0.1) is 6.92 Å². The molecule has 0 spiro atoms. The number of morpholine rings is 1. The van der Waals surface area contributed by atoms with Gasteiger partial charge in [-0.2, -0.15) is 13.2 Å². The van der Waals surface area contributed by atoms with Crippen molar-refractivity contribution < 1.29 is 22.7 Å². The van der Waals surface area contributed by atoms with Crippen LogP contribution in [0.2, 0.25) is 0 Å². The molecule has 34 heavy (non-hydrogen) atoms. The first kappa shape index (κ1) is 23.3. The number of ether oxygens (including phenoxy) is 1. The van der Waals surface area contributed by atoms with Gasteiger partial charge in [-0.3, -0.25) is 0 Å². The molecule has 0 radical (unpaired) electrons. The third kappa shape index (κ3) is 5.93. The number of amides is 2. The van der Waals surface area contributed by atoms with Crippen LogP contribution in [0.5, 0.6) is 0 Å². The third-order valence-corrected chi connectivity index (χ3v) is 5.06. The second-order valence-electron chi connectivity index (χ2n) is 7.58. The minimum absolute atomic E-state index is 0.319. The van der Waals surface area contributed by atoms with Crippen LogP contribution in [0.3, 0.4) is 0 Å². The van der Waals surface area contributed by atoms with Crippen molar-refractivity contribution in [2.24, 2.45) is 0 Å². The Hall–Kier alpha value is -3.86. The molecule has 1 aliphatic heterocycles. The Balaban J connectivity index is 1.39. The van der Waals surface area contributed by atoms with Gasteiger partial charge in [0.05, 0.1) is 24.5 Å². The topological polar surface area (TPSA) is 91.4 Å². The summed E-state index contributed by atoms with van der Waals surface area (Å²) in [4.78, 5) is 23.3. The van der Waals surface area contributed by atoms with Crippen molar-refractivity contribution in [2.75, 3.05) is 47.2 Å². The molecule has 3 N–H and O–H groups in total. The van der Waals surface area contributed by atoms with Crippen LogP contribution in [0.1, 0.15) is 11.4 Å². The predicted octanol–water partition coefficient (Wildman–Crippen LogP) is 5.03. The van der Waals surface area contributed by atoms with Gasteiger partial charge in [0.15, 0.2) is 0 Å². The summed E-state index contributed by atoms with van der Waals surface area (Å²) in [6, 6.07) is 12.6. The number of halogens is 3. The summed E-state index contributed by atoms with van der Waals surface area (Å²) in [6.45, 7) is 4.63. The van der Waals surface area contributed by atoms with Gasteiger partial charge >= 0.3 is 12.2 Å². The number of rotatable bonds is 5. The smallest absolute Gasteiger partial charge is 0.378 e. The third-order valence-electron chi connectivity index (χ3n) is 5.06. The molecule has 2 aromatic carbocycles. The van der Waals surface area contributed by atoms with Gasteiger partial charge in [0.25, 0.3) is 0 Å². The van der Waals surface area contributed by atoms with Crippen molar-refractivity contribution in [3.05, 3.63) is 66.0 Å². The Morgan fingerprint density at radius 3 is 2.35 bits per heavy atom. The van der Waals surface area contributed by atoms with Crippen LogP contribution in [0.15, 0.2) is 54.6 Å². The van der Waals surface area contributed by atoms with Crippen LogP contribution < -0.4 is 20.9 Å². The summed E-state index contributed by atoms with van der Waals surface area (Å²) in [6.07, 6.45) is -4.57. The molecule has 1 saturated heterocycles. The van der Waals surface area contributed by atoms with Gasteiger partial charge in [0.2, 0.25) is 0 Å². The molecule has 8 nitrogen and oxygen atoms in total. The molecule has 0 atom stereocenters. The summed E-state index contributed by atoms with van der Waals surface area (Å²) in [5, 5.41) is 7.99. The molecule has 4 rings (SSSR count). The first-order chi connectivity index (χ1) is 16.3. The monoisotopic (exact) mass is 472 g/mol. The molecule has 0 saturated carbocycles. The van der Waals surface area contributed by atoms with Gasteiger partial charge in [-0.1, -0.05) is 12.1 Å². The lowest BCUT2D eigenvalue weighted by atomic mass is 10.1. The van der Waals surface area contributed by atoms with Crippen LogP contribution >= 0.6 is 0 Å². The van der Waals surface area contributed by atoms with E-state index in [1.165, 1.54) is 18.2 Å². The van der Waals surface area contributed by atoms with Crippen LogP contribution in [-0.2, 0) is 10.9 Å². The van der Waals surface area contributed by atoms with E-state index in [9.17, 15) is 18.0 Å². The molecular weight excluding hydrogens is 449 g/mol. The largest absolute Gasteiger partial charge is 0.418 e. The number of alkyl halides is 3. The average molecular weight is 472 g/mol. The standard InChI is InChI=1S/C23H23F3N6O2/c1-15-27-20(14-21(28-15)32-10-12-34-13-11-32)29-16-6-8-17(9-7-16)30-22(33)31-19-5-3-2-4-18(19)23(24,25)26/h2-9,14H,10-13H2,1H3,(H,27,28,29)(H2,30,31,33). The molecular formula is C23H23F3N6O2. The number of hydrogen-bond donors (Lipinski definition) is 3. The molecule has 3 aromatic rings. The van der Waals surface area contributed by atoms with Crippen molar-refractivity contribution in [3.8, 4) is 0 Å².